The number of nitrogens with one attached hydrogen (secondary N) is 1. The summed E-state index contributed by atoms with van der Waals surface area (Å²) in [6, 6.07) is 3.62. The first-order chi connectivity index (χ1) is 14.4. The molecule has 1 aromatic rings. The van der Waals surface area contributed by atoms with Gasteiger partial charge in [-0.15, -0.1) is 0 Å². The lowest BCUT2D eigenvalue weighted by Crippen LogP contribution is -2.28. The lowest BCUT2D eigenvalue weighted by Gasteiger charge is -2.23. The van der Waals surface area contributed by atoms with Crippen LogP contribution in [0.2, 0.25) is 0 Å². The van der Waals surface area contributed by atoms with Crippen LogP contribution in [0.4, 0.5) is 4.79 Å². The SMILES string of the molecule is C/C=C(\N=C(/C=C(C)C)c1ccc(/C=C2\SC(=O)NC2=O)o1)N1CCCN(C)CC1. The molecule has 0 aromatic carbocycles. The molecular weight excluding hydrogens is 400 g/mol. The fraction of sp³-hybridized carbons (Fsp3) is 0.409. The number of carbonyl (C=O) groups is 2. The van der Waals surface area contributed by atoms with Crippen molar-refractivity contribution in [3.05, 3.63) is 52.1 Å². The van der Waals surface area contributed by atoms with Crippen molar-refractivity contribution in [3.63, 3.8) is 0 Å². The Balaban J connectivity index is 1.88. The van der Waals surface area contributed by atoms with Crippen molar-refractivity contribution in [2.75, 3.05) is 33.2 Å². The number of thioether (sulfide) groups is 1. The second-order valence-electron chi connectivity index (χ2n) is 7.56. The number of furan rings is 1. The molecule has 2 aliphatic rings. The first-order valence-corrected chi connectivity index (χ1v) is 10.9. The maximum absolute atomic E-state index is 11.8. The Morgan fingerprint density at radius 1 is 1.20 bits per heavy atom. The maximum Gasteiger partial charge on any atom is 0.290 e. The van der Waals surface area contributed by atoms with Crippen LogP contribution in [0.3, 0.4) is 0 Å². The van der Waals surface area contributed by atoms with E-state index in [9.17, 15) is 9.59 Å². The minimum absolute atomic E-state index is 0.324. The van der Waals surface area contributed by atoms with Crippen molar-refractivity contribution >= 4 is 34.7 Å². The van der Waals surface area contributed by atoms with Crippen LogP contribution in [0.5, 0.6) is 0 Å². The van der Waals surface area contributed by atoms with Crippen LogP contribution in [-0.2, 0) is 4.79 Å². The van der Waals surface area contributed by atoms with E-state index in [-0.39, 0.29) is 5.24 Å². The summed E-state index contributed by atoms with van der Waals surface area (Å²) in [5, 5.41) is 1.88. The van der Waals surface area contributed by atoms with Gasteiger partial charge in [-0.2, -0.15) is 0 Å². The van der Waals surface area contributed by atoms with Crippen LogP contribution in [-0.4, -0.2) is 59.9 Å². The summed E-state index contributed by atoms with van der Waals surface area (Å²) in [6.45, 7) is 10.0. The van der Waals surface area contributed by atoms with Crippen molar-refractivity contribution in [2.24, 2.45) is 4.99 Å². The maximum atomic E-state index is 11.8. The molecule has 8 heteroatoms. The number of hydrogen-bond acceptors (Lipinski definition) is 7. The van der Waals surface area contributed by atoms with Gasteiger partial charge >= 0.3 is 0 Å². The molecule has 0 spiro atoms. The molecule has 0 unspecified atom stereocenters. The first kappa shape index (κ1) is 22.1. The zero-order valence-corrected chi connectivity index (χ0v) is 18.7. The highest BCUT2D eigenvalue weighted by atomic mass is 32.2. The fourth-order valence-corrected chi connectivity index (χ4v) is 3.93. The largest absolute Gasteiger partial charge is 0.455 e. The van der Waals surface area contributed by atoms with E-state index in [2.05, 4.69) is 22.2 Å². The van der Waals surface area contributed by atoms with Gasteiger partial charge in [-0.3, -0.25) is 14.9 Å². The zero-order valence-electron chi connectivity index (χ0n) is 17.9. The van der Waals surface area contributed by atoms with Crippen LogP contribution in [0.1, 0.15) is 38.7 Å². The van der Waals surface area contributed by atoms with E-state index in [0.717, 1.165) is 61.5 Å². The molecule has 0 aliphatic carbocycles. The number of imide groups is 1. The third-order valence-electron chi connectivity index (χ3n) is 4.76. The van der Waals surface area contributed by atoms with Gasteiger partial charge in [-0.25, -0.2) is 4.99 Å². The van der Waals surface area contributed by atoms with Crippen LogP contribution in [0.25, 0.3) is 6.08 Å². The number of rotatable bonds is 5. The smallest absolute Gasteiger partial charge is 0.290 e. The van der Waals surface area contributed by atoms with E-state index >= 15 is 0 Å². The van der Waals surface area contributed by atoms with Gasteiger partial charge in [0.25, 0.3) is 11.1 Å². The minimum atomic E-state index is -0.400. The topological polar surface area (TPSA) is 78.1 Å². The Bertz CT molecular complexity index is 938. The molecule has 7 nitrogen and oxygen atoms in total. The van der Waals surface area contributed by atoms with E-state index in [0.29, 0.717) is 16.4 Å². The number of nitrogens with zero attached hydrogens (tertiary/aromatic N) is 3. The summed E-state index contributed by atoms with van der Waals surface area (Å²) in [5.74, 6) is 1.64. The fourth-order valence-electron chi connectivity index (χ4n) is 3.27. The highest BCUT2D eigenvalue weighted by Gasteiger charge is 2.25. The molecule has 30 heavy (non-hydrogen) atoms. The van der Waals surface area contributed by atoms with Gasteiger partial charge < -0.3 is 14.2 Å². The predicted molar refractivity (Wildman–Crippen MR) is 121 cm³/mol. The Hall–Kier alpha value is -2.58. The van der Waals surface area contributed by atoms with Crippen molar-refractivity contribution in [3.8, 4) is 0 Å². The summed E-state index contributed by atoms with van der Waals surface area (Å²) < 4.78 is 5.96. The lowest BCUT2D eigenvalue weighted by atomic mass is 10.2. The van der Waals surface area contributed by atoms with Gasteiger partial charge in [0.1, 0.15) is 17.3 Å². The quantitative estimate of drug-likeness (QED) is 0.567. The standard InChI is InChI=1S/C22H28N4O3S/c1-5-20(26-10-6-9-25(4)11-12-26)23-17(13-15(2)3)18-8-7-16(29-18)14-19-21(27)24-22(28)30-19/h5,7-8,13-14H,6,9-12H2,1-4H3,(H,24,27,28)/b19-14-,20-5+,23-17+. The highest BCUT2D eigenvalue weighted by molar-refractivity contribution is 8.18. The van der Waals surface area contributed by atoms with Crippen molar-refractivity contribution in [1.29, 1.82) is 0 Å². The molecule has 1 N–H and O–H groups in total. The van der Waals surface area contributed by atoms with Gasteiger partial charge in [0.2, 0.25) is 0 Å². The molecule has 0 bridgehead atoms. The normalized spacial score (nSPS) is 20.5. The van der Waals surface area contributed by atoms with E-state index in [1.165, 1.54) is 0 Å². The van der Waals surface area contributed by atoms with Gasteiger partial charge in [0.05, 0.1) is 4.91 Å². The Morgan fingerprint density at radius 3 is 2.67 bits per heavy atom. The van der Waals surface area contributed by atoms with E-state index in [1.54, 1.807) is 12.1 Å². The monoisotopic (exact) mass is 428 g/mol. The molecule has 2 fully saturated rings. The summed E-state index contributed by atoms with van der Waals surface area (Å²) in [4.78, 5) is 33.0. The molecular formula is C22H28N4O3S. The van der Waals surface area contributed by atoms with E-state index in [4.69, 9.17) is 9.41 Å². The molecule has 0 saturated carbocycles. The minimum Gasteiger partial charge on any atom is -0.455 e. The summed E-state index contributed by atoms with van der Waals surface area (Å²) in [5.41, 5.74) is 1.83. The Kier molecular flexibility index (Phi) is 7.33. The number of aliphatic imine (C=N–C) groups is 1. The summed E-state index contributed by atoms with van der Waals surface area (Å²) >= 11 is 0.872. The third-order valence-corrected chi connectivity index (χ3v) is 5.57. The van der Waals surface area contributed by atoms with Crippen LogP contribution in [0.15, 0.2) is 50.0 Å². The van der Waals surface area contributed by atoms with Crippen molar-refractivity contribution < 1.29 is 14.0 Å². The van der Waals surface area contributed by atoms with Gasteiger partial charge in [-0.1, -0.05) is 5.57 Å². The van der Waals surface area contributed by atoms with Crippen molar-refractivity contribution in [1.82, 2.24) is 15.1 Å². The lowest BCUT2D eigenvalue weighted by molar-refractivity contribution is -0.115. The van der Waals surface area contributed by atoms with E-state index < -0.39 is 5.91 Å². The summed E-state index contributed by atoms with van der Waals surface area (Å²) in [6.07, 6.45) is 6.69. The zero-order chi connectivity index (χ0) is 21.7. The average Bonchev–Trinajstić information content (AvgIpc) is 3.20. The number of hydrogen-bond donors (Lipinski definition) is 1. The highest BCUT2D eigenvalue weighted by Crippen LogP contribution is 2.26. The van der Waals surface area contributed by atoms with Crippen LogP contribution < -0.4 is 5.32 Å². The Morgan fingerprint density at radius 2 is 2.00 bits per heavy atom. The van der Waals surface area contributed by atoms with Crippen LogP contribution >= 0.6 is 11.8 Å². The van der Waals surface area contributed by atoms with Gasteiger partial charge in [-0.05, 0) is 76.8 Å². The second-order valence-corrected chi connectivity index (χ2v) is 8.58. The predicted octanol–water partition coefficient (Wildman–Crippen LogP) is 3.86. The molecule has 3 heterocycles. The molecule has 1 aromatic heterocycles. The molecule has 160 valence electrons. The van der Waals surface area contributed by atoms with E-state index in [1.807, 2.05) is 39.0 Å². The molecule has 2 aliphatic heterocycles. The Labute approximate surface area is 181 Å². The summed E-state index contributed by atoms with van der Waals surface area (Å²) in [7, 11) is 2.14. The number of carbonyl (C=O) groups excluding carboxylic acids is 2. The van der Waals surface area contributed by atoms with Gasteiger partial charge in [0.15, 0.2) is 5.76 Å². The van der Waals surface area contributed by atoms with Gasteiger partial charge in [0, 0.05) is 25.7 Å². The molecule has 0 radical (unpaired) electrons. The second kappa shape index (κ2) is 9.95. The molecule has 2 saturated heterocycles. The molecule has 0 atom stereocenters. The molecule has 2 amide bonds. The van der Waals surface area contributed by atoms with Crippen molar-refractivity contribution in [2.45, 2.75) is 27.2 Å². The number of likely N-dealkylation sites (N-methyl/N-ethyl adjacent to an activating group) is 1. The first-order valence-electron chi connectivity index (χ1n) is 10.0. The number of allylic oxidation sites excluding steroid dienone is 3. The number of amides is 2. The van der Waals surface area contributed by atoms with Crippen LogP contribution in [0, 0.1) is 0 Å². The third kappa shape index (κ3) is 5.73. The molecule has 3 rings (SSSR count). The average molecular weight is 429 g/mol.